The number of imide groups is 2. The van der Waals surface area contributed by atoms with E-state index in [1.165, 1.54) is 64.8 Å². The average molecular weight is 820 g/mol. The Morgan fingerprint density at radius 2 is 1.48 bits per heavy atom. The molecule has 2 aliphatic rings. The maximum Gasteiger partial charge on any atom is 0.264 e. The molecule has 18 nitrogen and oxygen atoms in total. The number of anilines is 2. The minimum Gasteiger partial charge on any atom is -0.496 e. The zero-order valence-corrected chi connectivity index (χ0v) is 32.8. The molecule has 2 heterocycles. The van der Waals surface area contributed by atoms with Crippen molar-refractivity contribution in [2.75, 3.05) is 45.6 Å². The van der Waals surface area contributed by atoms with Crippen LogP contribution >= 0.6 is 0 Å². The summed E-state index contributed by atoms with van der Waals surface area (Å²) in [6, 6.07) is 10.8. The normalized spacial score (nSPS) is 15.1. The highest BCUT2D eigenvalue weighted by molar-refractivity contribution is 7.93. The molecule has 5 rings (SSSR count). The molecule has 3 aromatic rings. The number of carbonyl (C=O) groups excluding carboxylic acids is 7. The highest BCUT2D eigenvalue weighted by atomic mass is 32.2. The SMILES string of the molecule is COc1cc(OC)c(C=CS(=O)(=O)Cc2ccc(OC)c(NC(=O)CCCC(=O)NCC(=O)Nc3cccc4c3C(=O)N(C3CCC(=O)NC3=O)C4=O)c2)c(OC)c1. The van der Waals surface area contributed by atoms with Crippen molar-refractivity contribution in [3.63, 3.8) is 0 Å². The molecule has 58 heavy (non-hydrogen) atoms. The second kappa shape index (κ2) is 18.5. The van der Waals surface area contributed by atoms with Crippen molar-refractivity contribution in [3.05, 3.63) is 76.2 Å². The predicted molar refractivity (Wildman–Crippen MR) is 208 cm³/mol. The summed E-state index contributed by atoms with van der Waals surface area (Å²) in [4.78, 5) is 89.1. The molecule has 0 aliphatic carbocycles. The maximum atomic E-state index is 13.3. The van der Waals surface area contributed by atoms with Crippen LogP contribution in [0.4, 0.5) is 11.4 Å². The van der Waals surface area contributed by atoms with Crippen LogP contribution in [-0.2, 0) is 39.6 Å². The van der Waals surface area contributed by atoms with Crippen molar-refractivity contribution in [1.82, 2.24) is 15.5 Å². The van der Waals surface area contributed by atoms with E-state index < -0.39 is 69.5 Å². The third-order valence-electron chi connectivity index (χ3n) is 9.10. The fraction of sp³-hybridized carbons (Fsp3) is 0.308. The molecule has 0 saturated carbocycles. The Kier molecular flexibility index (Phi) is 13.5. The van der Waals surface area contributed by atoms with E-state index in [0.29, 0.717) is 28.4 Å². The first-order valence-electron chi connectivity index (χ1n) is 17.8. The van der Waals surface area contributed by atoms with E-state index in [4.69, 9.17) is 18.9 Å². The summed E-state index contributed by atoms with van der Waals surface area (Å²) >= 11 is 0. The van der Waals surface area contributed by atoms with E-state index in [9.17, 15) is 42.0 Å². The van der Waals surface area contributed by atoms with Crippen molar-refractivity contribution < 1.29 is 60.9 Å². The van der Waals surface area contributed by atoms with Crippen molar-refractivity contribution in [2.24, 2.45) is 0 Å². The van der Waals surface area contributed by atoms with Crippen LogP contribution in [0.5, 0.6) is 23.0 Å². The average Bonchev–Trinajstić information content (AvgIpc) is 3.44. The first-order valence-corrected chi connectivity index (χ1v) is 19.5. The summed E-state index contributed by atoms with van der Waals surface area (Å²) in [5.41, 5.74) is 0.832. The van der Waals surface area contributed by atoms with Crippen LogP contribution in [0.2, 0.25) is 0 Å². The molecule has 0 aromatic heterocycles. The minimum absolute atomic E-state index is 0.00465. The van der Waals surface area contributed by atoms with Crippen LogP contribution in [0.1, 0.15) is 63.9 Å². The Hall–Kier alpha value is -6.76. The van der Waals surface area contributed by atoms with Crippen LogP contribution in [0.25, 0.3) is 6.08 Å². The molecule has 0 radical (unpaired) electrons. The van der Waals surface area contributed by atoms with Gasteiger partial charge >= 0.3 is 0 Å². The second-order valence-corrected chi connectivity index (χ2v) is 14.9. The molecule has 4 N–H and O–H groups in total. The number of carbonyl (C=O) groups is 7. The highest BCUT2D eigenvalue weighted by Gasteiger charge is 2.45. The summed E-state index contributed by atoms with van der Waals surface area (Å²) in [5, 5.41) is 10.8. The van der Waals surface area contributed by atoms with Gasteiger partial charge < -0.3 is 34.9 Å². The standard InChI is InChI=1S/C39H41N5O13S/c1-54-23-18-30(56-3)24(31(19-23)57-4)15-16-58(52,53)21-22-11-13-29(55-2)27(17-22)42-33(46)10-6-9-32(45)40-20-35(48)41-26-8-5-7-25-36(26)39(51)44(38(25)50)28-12-14-34(47)43-37(28)49/h5,7-8,11,13,15-19,28H,6,9-10,12,14,20-21H2,1-4H3,(H,40,45)(H,41,48)(H,42,46)(H,43,47,49). The van der Waals surface area contributed by atoms with Gasteiger partial charge in [0.15, 0.2) is 9.84 Å². The molecule has 7 amide bonds. The molecule has 1 saturated heterocycles. The highest BCUT2D eigenvalue weighted by Crippen LogP contribution is 2.36. The zero-order valence-electron chi connectivity index (χ0n) is 32.0. The monoisotopic (exact) mass is 819 g/mol. The predicted octanol–water partition coefficient (Wildman–Crippen LogP) is 2.57. The fourth-order valence-corrected chi connectivity index (χ4v) is 7.38. The number of ether oxygens (including phenoxy) is 4. The molecule has 0 spiro atoms. The maximum absolute atomic E-state index is 13.3. The fourth-order valence-electron chi connectivity index (χ4n) is 6.29. The Balaban J connectivity index is 1.11. The second-order valence-electron chi connectivity index (χ2n) is 13.0. The van der Waals surface area contributed by atoms with E-state index in [-0.39, 0.29) is 60.4 Å². The molecule has 1 fully saturated rings. The van der Waals surface area contributed by atoms with Crippen LogP contribution in [0.3, 0.4) is 0 Å². The molecule has 3 aromatic carbocycles. The summed E-state index contributed by atoms with van der Waals surface area (Å²) in [7, 11) is 1.89. The smallest absolute Gasteiger partial charge is 0.264 e. The third-order valence-corrected chi connectivity index (χ3v) is 10.4. The number of nitrogens with one attached hydrogen (secondary N) is 4. The first kappa shape index (κ1) is 42.4. The van der Waals surface area contributed by atoms with Gasteiger partial charge in [0.05, 0.1) is 68.8 Å². The van der Waals surface area contributed by atoms with E-state index >= 15 is 0 Å². The Morgan fingerprint density at radius 3 is 2.14 bits per heavy atom. The van der Waals surface area contributed by atoms with Gasteiger partial charge in [-0.15, -0.1) is 0 Å². The number of sulfone groups is 1. The number of benzene rings is 3. The summed E-state index contributed by atoms with van der Waals surface area (Å²) in [6.07, 6.45) is 1.16. The van der Waals surface area contributed by atoms with Crippen LogP contribution in [-0.4, -0.2) is 95.7 Å². The van der Waals surface area contributed by atoms with Crippen LogP contribution in [0, 0.1) is 0 Å². The third kappa shape index (κ3) is 9.96. The van der Waals surface area contributed by atoms with E-state index in [2.05, 4.69) is 21.3 Å². The molecule has 2 aliphatic heterocycles. The topological polar surface area (TPSA) is 242 Å². The van der Waals surface area contributed by atoms with E-state index in [1.54, 1.807) is 18.2 Å². The summed E-state index contributed by atoms with van der Waals surface area (Å²) in [6.45, 7) is -0.489. The molecular formula is C39H41N5O13S. The van der Waals surface area contributed by atoms with Gasteiger partial charge in [0.1, 0.15) is 29.0 Å². The molecule has 1 atom stereocenters. The number of hydrogen-bond donors (Lipinski definition) is 4. The lowest BCUT2D eigenvalue weighted by Crippen LogP contribution is -2.54. The van der Waals surface area contributed by atoms with Crippen molar-refractivity contribution in [3.8, 4) is 23.0 Å². The van der Waals surface area contributed by atoms with Crippen molar-refractivity contribution >= 4 is 68.6 Å². The zero-order chi connectivity index (χ0) is 42.1. The lowest BCUT2D eigenvalue weighted by molar-refractivity contribution is -0.136. The van der Waals surface area contributed by atoms with Gasteiger partial charge in [0.2, 0.25) is 29.5 Å². The largest absolute Gasteiger partial charge is 0.496 e. The summed E-state index contributed by atoms with van der Waals surface area (Å²) < 4.78 is 47.6. The molecule has 306 valence electrons. The van der Waals surface area contributed by atoms with Gasteiger partial charge in [0, 0.05) is 36.8 Å². The number of piperidine rings is 1. The Labute approximate surface area is 333 Å². The van der Waals surface area contributed by atoms with Crippen molar-refractivity contribution in [1.29, 1.82) is 0 Å². The number of hydrogen-bond acceptors (Lipinski definition) is 13. The Bertz CT molecular complexity index is 2280. The number of fused-ring (bicyclic) bond motifs is 1. The van der Waals surface area contributed by atoms with Gasteiger partial charge in [0.25, 0.3) is 11.8 Å². The van der Waals surface area contributed by atoms with Crippen molar-refractivity contribution in [2.45, 2.75) is 43.9 Å². The molecule has 0 bridgehead atoms. The van der Waals surface area contributed by atoms with Gasteiger partial charge in [-0.05, 0) is 48.7 Å². The molecule has 19 heteroatoms. The summed E-state index contributed by atoms with van der Waals surface area (Å²) in [5.74, 6) is -3.54. The van der Waals surface area contributed by atoms with Crippen LogP contribution in [0.15, 0.2) is 53.9 Å². The Morgan fingerprint density at radius 1 is 0.810 bits per heavy atom. The quantitative estimate of drug-likeness (QED) is 0.143. The lowest BCUT2D eigenvalue weighted by Gasteiger charge is -2.27. The van der Waals surface area contributed by atoms with E-state index in [0.717, 1.165) is 10.3 Å². The van der Waals surface area contributed by atoms with E-state index in [1.807, 2.05) is 0 Å². The lowest BCUT2D eigenvalue weighted by atomic mass is 10.0. The minimum atomic E-state index is -3.84. The van der Waals surface area contributed by atoms with Crippen LogP contribution < -0.4 is 40.2 Å². The van der Waals surface area contributed by atoms with Gasteiger partial charge in [-0.3, -0.25) is 43.8 Å². The number of nitrogens with zero attached hydrogens (tertiary/aromatic N) is 1. The number of rotatable bonds is 17. The number of amides is 7. The van der Waals surface area contributed by atoms with Gasteiger partial charge in [-0.1, -0.05) is 12.1 Å². The van der Waals surface area contributed by atoms with Gasteiger partial charge in [-0.25, -0.2) is 8.42 Å². The number of methoxy groups -OCH3 is 4. The first-order chi connectivity index (χ1) is 27.7. The molecule has 1 unspecified atom stereocenters. The van der Waals surface area contributed by atoms with Gasteiger partial charge in [-0.2, -0.15) is 0 Å². The molecular weight excluding hydrogens is 779 g/mol.